The maximum atomic E-state index is 8.99. The SMILES string of the molecule is C.CC(C)(C)CC1=CCC=N1.CC(C)(C)CC1=CCc2ccccc21.CC(C)Cc1ccc(O)cc1.CC(C)Cc1ccccc1. The van der Waals surface area contributed by atoms with Crippen molar-refractivity contribution in [1.29, 1.82) is 0 Å². The Balaban J connectivity index is 0.000000308. The molecule has 0 saturated carbocycles. The summed E-state index contributed by atoms with van der Waals surface area (Å²) in [4.78, 5) is 4.26. The molecule has 0 atom stereocenters. The van der Waals surface area contributed by atoms with Crippen LogP contribution in [0.15, 0.2) is 102 Å². The number of hydrogen-bond donors (Lipinski definition) is 1. The van der Waals surface area contributed by atoms with Gasteiger partial charge in [0.15, 0.2) is 0 Å². The van der Waals surface area contributed by atoms with E-state index in [0.717, 1.165) is 31.6 Å². The Kier molecular flexibility index (Phi) is 17.6. The van der Waals surface area contributed by atoms with E-state index in [1.54, 1.807) is 12.1 Å². The third-order valence-corrected chi connectivity index (χ3v) is 7.15. The Morgan fingerprint density at radius 3 is 1.67 bits per heavy atom. The largest absolute Gasteiger partial charge is 0.508 e. The summed E-state index contributed by atoms with van der Waals surface area (Å²) in [5.41, 5.74) is 9.27. The molecule has 0 radical (unpaired) electrons. The molecule has 1 N–H and O–H groups in total. The van der Waals surface area contributed by atoms with Crippen LogP contribution in [0, 0.1) is 22.7 Å². The molecule has 3 aromatic rings. The number of aliphatic imine (C=N–C) groups is 1. The zero-order valence-electron chi connectivity index (χ0n) is 30.0. The van der Waals surface area contributed by atoms with Gasteiger partial charge in [0.2, 0.25) is 0 Å². The fourth-order valence-electron chi connectivity index (χ4n) is 5.35. The van der Waals surface area contributed by atoms with Gasteiger partial charge < -0.3 is 5.11 Å². The van der Waals surface area contributed by atoms with Gasteiger partial charge in [-0.2, -0.15) is 0 Å². The van der Waals surface area contributed by atoms with Gasteiger partial charge in [-0.3, -0.25) is 4.99 Å². The summed E-state index contributed by atoms with van der Waals surface area (Å²) >= 11 is 0. The Morgan fingerprint density at radius 1 is 0.652 bits per heavy atom. The maximum Gasteiger partial charge on any atom is 0.115 e. The van der Waals surface area contributed by atoms with Crippen LogP contribution >= 0.6 is 0 Å². The normalized spacial score (nSPS) is 13.2. The third kappa shape index (κ3) is 17.9. The van der Waals surface area contributed by atoms with Crippen molar-refractivity contribution in [2.75, 3.05) is 0 Å². The van der Waals surface area contributed by atoms with Crippen LogP contribution in [-0.4, -0.2) is 11.3 Å². The number of fused-ring (bicyclic) bond motifs is 1. The minimum atomic E-state index is 0. The quantitative estimate of drug-likeness (QED) is 0.291. The summed E-state index contributed by atoms with van der Waals surface area (Å²) in [5.74, 6) is 1.79. The number of nitrogens with zero attached hydrogens (tertiary/aromatic N) is 1. The van der Waals surface area contributed by atoms with Crippen molar-refractivity contribution in [3.63, 3.8) is 0 Å². The topological polar surface area (TPSA) is 32.6 Å². The minimum Gasteiger partial charge on any atom is -0.508 e. The number of hydrogen-bond acceptors (Lipinski definition) is 2. The highest BCUT2D eigenvalue weighted by Gasteiger charge is 2.19. The predicted molar refractivity (Wildman–Crippen MR) is 206 cm³/mol. The molecule has 0 saturated heterocycles. The number of phenols is 1. The van der Waals surface area contributed by atoms with Gasteiger partial charge in [-0.05, 0) is 94.7 Å². The molecular formula is C44H65NO. The summed E-state index contributed by atoms with van der Waals surface area (Å²) in [6.45, 7) is 22.5. The van der Waals surface area contributed by atoms with Crippen molar-refractivity contribution in [2.24, 2.45) is 27.7 Å². The lowest BCUT2D eigenvalue weighted by Gasteiger charge is -2.19. The van der Waals surface area contributed by atoms with E-state index in [-0.39, 0.29) is 7.43 Å². The van der Waals surface area contributed by atoms with Crippen molar-refractivity contribution in [2.45, 2.75) is 115 Å². The monoisotopic (exact) mass is 624 g/mol. The Bertz CT molecular complexity index is 1340. The first-order valence-corrected chi connectivity index (χ1v) is 16.9. The van der Waals surface area contributed by atoms with Crippen LogP contribution in [0.2, 0.25) is 0 Å². The van der Waals surface area contributed by atoms with Crippen LogP contribution in [0.1, 0.15) is 118 Å². The second kappa shape index (κ2) is 20.0. The molecule has 252 valence electrons. The highest BCUT2D eigenvalue weighted by molar-refractivity contribution is 5.73. The molecule has 46 heavy (non-hydrogen) atoms. The molecule has 1 aliphatic carbocycles. The number of aromatic hydroxyl groups is 1. The summed E-state index contributed by atoms with van der Waals surface area (Å²) in [5, 5.41) is 8.99. The van der Waals surface area contributed by atoms with E-state index < -0.39 is 0 Å². The Morgan fingerprint density at radius 2 is 1.17 bits per heavy atom. The average Bonchev–Trinajstić information content (AvgIpc) is 3.59. The molecule has 2 heteroatoms. The third-order valence-electron chi connectivity index (χ3n) is 7.15. The van der Waals surface area contributed by atoms with Crippen molar-refractivity contribution < 1.29 is 5.11 Å². The molecule has 2 aliphatic rings. The number of benzene rings is 3. The van der Waals surface area contributed by atoms with Crippen molar-refractivity contribution >= 4 is 11.8 Å². The summed E-state index contributed by atoms with van der Waals surface area (Å²) in [6.07, 6.45) is 13.3. The molecule has 0 unspecified atom stereocenters. The first kappa shape index (κ1) is 40.6. The fourth-order valence-corrected chi connectivity index (χ4v) is 5.35. The molecular weight excluding hydrogens is 558 g/mol. The summed E-state index contributed by atoms with van der Waals surface area (Å²) in [7, 11) is 0. The van der Waals surface area contributed by atoms with E-state index in [9.17, 15) is 0 Å². The second-order valence-corrected chi connectivity index (χ2v) is 15.7. The van der Waals surface area contributed by atoms with Gasteiger partial charge in [0.25, 0.3) is 0 Å². The van der Waals surface area contributed by atoms with E-state index >= 15 is 0 Å². The van der Waals surface area contributed by atoms with Crippen molar-refractivity contribution in [1.82, 2.24) is 0 Å². The van der Waals surface area contributed by atoms with Crippen LogP contribution < -0.4 is 0 Å². The highest BCUT2D eigenvalue weighted by atomic mass is 16.3. The number of allylic oxidation sites excluding steroid dienone is 4. The van der Waals surface area contributed by atoms with Gasteiger partial charge >= 0.3 is 0 Å². The average molecular weight is 624 g/mol. The minimum absolute atomic E-state index is 0. The van der Waals surface area contributed by atoms with E-state index in [4.69, 9.17) is 5.11 Å². The second-order valence-electron chi connectivity index (χ2n) is 15.7. The lowest BCUT2D eigenvalue weighted by atomic mass is 9.86. The lowest BCUT2D eigenvalue weighted by molar-refractivity contribution is 0.408. The van der Waals surface area contributed by atoms with E-state index in [0.29, 0.717) is 22.5 Å². The summed E-state index contributed by atoms with van der Waals surface area (Å²) in [6, 6.07) is 26.8. The standard InChI is InChI=1S/C14H18.C10H14O.C10H14.C9H15N.CH4/c1-14(2,3)10-12-9-8-11-6-4-5-7-13(11)12;1-8(2)7-9-3-5-10(11)6-4-9;1-9(2)8-10-6-4-3-5-7-10;1-9(2,3)7-8-5-4-6-10-8;/h4-7,9H,8,10H2,1-3H3;3-6,8,11H,7H2,1-2H3;3-7,9H,8H2,1-2H3;5-6H,4,7H2,1-3H3;1H4. The molecule has 0 amide bonds. The molecule has 1 aliphatic heterocycles. The van der Waals surface area contributed by atoms with Crippen LogP contribution in [0.3, 0.4) is 0 Å². The van der Waals surface area contributed by atoms with Crippen LogP contribution in [-0.2, 0) is 19.3 Å². The molecule has 3 aromatic carbocycles. The van der Waals surface area contributed by atoms with Crippen LogP contribution in [0.25, 0.3) is 5.57 Å². The first-order chi connectivity index (χ1) is 21.1. The van der Waals surface area contributed by atoms with Gasteiger partial charge in [-0.15, -0.1) is 0 Å². The van der Waals surface area contributed by atoms with Gasteiger partial charge in [0.05, 0.1) is 0 Å². The molecule has 0 bridgehead atoms. The van der Waals surface area contributed by atoms with Gasteiger partial charge in [0, 0.05) is 18.3 Å². The Labute approximate surface area is 283 Å². The smallest absolute Gasteiger partial charge is 0.115 e. The van der Waals surface area contributed by atoms with Gasteiger partial charge in [0.1, 0.15) is 5.75 Å². The number of phenolic OH excluding ortho intramolecular Hbond substituents is 1. The van der Waals surface area contributed by atoms with Crippen LogP contribution in [0.5, 0.6) is 5.75 Å². The fraction of sp³-hybridized carbons (Fsp3) is 0.477. The van der Waals surface area contributed by atoms with Gasteiger partial charge in [-0.1, -0.05) is 156 Å². The highest BCUT2D eigenvalue weighted by Crippen LogP contribution is 2.36. The molecule has 1 heterocycles. The maximum absolute atomic E-state index is 8.99. The molecule has 2 nitrogen and oxygen atoms in total. The molecule has 5 rings (SSSR count). The van der Waals surface area contributed by atoms with E-state index in [1.807, 2.05) is 18.3 Å². The zero-order chi connectivity index (χ0) is 33.5. The zero-order valence-corrected chi connectivity index (χ0v) is 30.0. The number of rotatable bonds is 6. The molecule has 0 aromatic heterocycles. The lowest BCUT2D eigenvalue weighted by Crippen LogP contribution is -2.05. The Hall–Kier alpha value is -3.39. The van der Waals surface area contributed by atoms with E-state index in [1.165, 1.54) is 46.4 Å². The van der Waals surface area contributed by atoms with Crippen molar-refractivity contribution in [3.8, 4) is 5.75 Å². The molecule has 0 fully saturated rings. The molecule has 0 spiro atoms. The van der Waals surface area contributed by atoms with E-state index in [2.05, 4.69) is 141 Å². The van der Waals surface area contributed by atoms with Gasteiger partial charge in [-0.25, -0.2) is 0 Å². The first-order valence-electron chi connectivity index (χ1n) is 16.9. The predicted octanol–water partition coefficient (Wildman–Crippen LogP) is 13.0. The van der Waals surface area contributed by atoms with Crippen molar-refractivity contribution in [3.05, 3.63) is 119 Å². The van der Waals surface area contributed by atoms with Crippen LogP contribution in [0.4, 0.5) is 0 Å². The summed E-state index contributed by atoms with van der Waals surface area (Å²) < 4.78 is 0.